The Morgan fingerprint density at radius 2 is 1.65 bits per heavy atom. The van der Waals surface area contributed by atoms with Gasteiger partial charge >= 0.3 is 0 Å². The molecule has 1 N–H and O–H groups in total. The predicted molar refractivity (Wildman–Crippen MR) is 97.5 cm³/mol. The molecule has 0 radical (unpaired) electrons. The average Bonchev–Trinajstić information content (AvgIpc) is 2.60. The molecule has 0 fully saturated rings. The van der Waals surface area contributed by atoms with Crippen LogP contribution in [0.3, 0.4) is 0 Å². The lowest BCUT2D eigenvalue weighted by molar-refractivity contribution is 1.40. The molecule has 3 aromatic carbocycles. The summed E-state index contributed by atoms with van der Waals surface area (Å²) in [5.41, 5.74) is 3.88. The van der Waals surface area contributed by atoms with Crippen LogP contribution in [-0.4, -0.2) is 0 Å². The Morgan fingerprint density at radius 3 is 2.43 bits per heavy atom. The molecular formula is C19H13ClN2S. The second kappa shape index (κ2) is 7.23. The number of anilines is 1. The predicted octanol–water partition coefficient (Wildman–Crippen LogP) is 6.00. The highest BCUT2D eigenvalue weighted by atomic mass is 35.5. The topological polar surface area (TPSA) is 35.8 Å². The van der Waals surface area contributed by atoms with Gasteiger partial charge < -0.3 is 4.72 Å². The molecule has 0 saturated heterocycles. The van der Waals surface area contributed by atoms with Gasteiger partial charge in [0.25, 0.3) is 0 Å². The number of nitrogens with zero attached hydrogens (tertiary/aromatic N) is 1. The summed E-state index contributed by atoms with van der Waals surface area (Å²) >= 11 is 7.46. The van der Waals surface area contributed by atoms with Crippen LogP contribution in [0.25, 0.3) is 11.1 Å². The van der Waals surface area contributed by atoms with Crippen molar-refractivity contribution in [2.45, 2.75) is 4.90 Å². The van der Waals surface area contributed by atoms with Gasteiger partial charge in [-0.05, 0) is 53.4 Å². The van der Waals surface area contributed by atoms with E-state index in [1.807, 2.05) is 42.5 Å². The number of rotatable bonds is 4. The molecule has 0 saturated carbocycles. The highest BCUT2D eigenvalue weighted by Crippen LogP contribution is 2.28. The molecule has 0 heterocycles. The van der Waals surface area contributed by atoms with Crippen LogP contribution in [0, 0.1) is 11.3 Å². The van der Waals surface area contributed by atoms with Crippen LogP contribution in [0.5, 0.6) is 0 Å². The van der Waals surface area contributed by atoms with Crippen LogP contribution in [0.15, 0.2) is 77.7 Å². The maximum atomic E-state index is 9.00. The van der Waals surface area contributed by atoms with Gasteiger partial charge in [-0.2, -0.15) is 5.26 Å². The second-order valence-corrected chi connectivity index (χ2v) is 6.25. The van der Waals surface area contributed by atoms with Crippen LogP contribution in [0.2, 0.25) is 5.02 Å². The number of nitriles is 1. The lowest BCUT2D eigenvalue weighted by Gasteiger charge is -2.08. The molecular weight excluding hydrogens is 324 g/mol. The number of benzene rings is 3. The van der Waals surface area contributed by atoms with E-state index in [4.69, 9.17) is 16.9 Å². The molecule has 0 unspecified atom stereocenters. The van der Waals surface area contributed by atoms with E-state index < -0.39 is 0 Å². The summed E-state index contributed by atoms with van der Waals surface area (Å²) in [5.74, 6) is 0. The molecule has 0 aliphatic rings. The fourth-order valence-corrected chi connectivity index (χ4v) is 3.23. The molecule has 0 bridgehead atoms. The third-order valence-electron chi connectivity index (χ3n) is 3.26. The molecule has 0 aromatic heterocycles. The van der Waals surface area contributed by atoms with E-state index in [1.54, 1.807) is 6.07 Å². The van der Waals surface area contributed by atoms with E-state index in [2.05, 4.69) is 35.1 Å². The maximum Gasteiger partial charge on any atom is 0.0992 e. The summed E-state index contributed by atoms with van der Waals surface area (Å²) in [4.78, 5) is 0.902. The van der Waals surface area contributed by atoms with Gasteiger partial charge in [-0.25, -0.2) is 0 Å². The SMILES string of the molecule is N#Cc1cc(Cl)cc(SNc2cccc(-c3ccccc3)c2)c1. The highest BCUT2D eigenvalue weighted by Gasteiger charge is 2.02. The van der Waals surface area contributed by atoms with Crippen molar-refractivity contribution in [1.82, 2.24) is 0 Å². The minimum Gasteiger partial charge on any atom is -0.326 e. The standard InChI is InChI=1S/C19H13ClN2S/c20-17-9-14(13-21)10-19(12-17)23-22-18-8-4-7-16(11-18)15-5-2-1-3-6-15/h1-12,22H. The zero-order valence-corrected chi connectivity index (χ0v) is 13.7. The average molecular weight is 337 g/mol. The van der Waals surface area contributed by atoms with Crippen LogP contribution < -0.4 is 4.72 Å². The normalized spacial score (nSPS) is 10.1. The Kier molecular flexibility index (Phi) is 4.87. The molecule has 23 heavy (non-hydrogen) atoms. The van der Waals surface area contributed by atoms with Gasteiger partial charge in [-0.1, -0.05) is 54.1 Å². The first kappa shape index (κ1) is 15.5. The number of hydrogen-bond donors (Lipinski definition) is 1. The molecule has 0 aliphatic heterocycles. The molecule has 112 valence electrons. The monoisotopic (exact) mass is 336 g/mol. The fourth-order valence-electron chi connectivity index (χ4n) is 2.20. The van der Waals surface area contributed by atoms with E-state index in [1.165, 1.54) is 17.5 Å². The van der Waals surface area contributed by atoms with Crippen LogP contribution >= 0.6 is 23.5 Å². The quantitative estimate of drug-likeness (QED) is 0.594. The van der Waals surface area contributed by atoms with Gasteiger partial charge in [-0.3, -0.25) is 0 Å². The minimum absolute atomic E-state index is 0.555. The van der Waals surface area contributed by atoms with Crippen LogP contribution in [0.1, 0.15) is 5.56 Å². The van der Waals surface area contributed by atoms with Gasteiger partial charge in [-0.15, -0.1) is 0 Å². The first-order valence-electron chi connectivity index (χ1n) is 7.03. The largest absolute Gasteiger partial charge is 0.326 e. The third-order valence-corrected chi connectivity index (χ3v) is 4.28. The van der Waals surface area contributed by atoms with Crippen molar-refractivity contribution in [2.24, 2.45) is 0 Å². The molecule has 4 heteroatoms. The summed E-state index contributed by atoms with van der Waals surface area (Å²) in [5, 5.41) is 9.56. The zero-order chi connectivity index (χ0) is 16.1. The van der Waals surface area contributed by atoms with Crippen molar-refractivity contribution in [3.63, 3.8) is 0 Å². The molecule has 0 spiro atoms. The smallest absolute Gasteiger partial charge is 0.0992 e. The van der Waals surface area contributed by atoms with Gasteiger partial charge in [0.1, 0.15) is 0 Å². The number of halogens is 1. The Labute approximate surface area is 144 Å². The number of nitrogens with one attached hydrogen (secondary N) is 1. The zero-order valence-electron chi connectivity index (χ0n) is 12.2. The Hall–Kier alpha value is -2.41. The first-order valence-corrected chi connectivity index (χ1v) is 8.23. The fraction of sp³-hybridized carbons (Fsp3) is 0. The van der Waals surface area contributed by atoms with Crippen molar-refractivity contribution in [2.75, 3.05) is 4.72 Å². The van der Waals surface area contributed by atoms with Crippen molar-refractivity contribution < 1.29 is 0 Å². The Morgan fingerprint density at radius 1 is 0.870 bits per heavy atom. The van der Waals surface area contributed by atoms with Crippen molar-refractivity contribution >= 4 is 29.2 Å². The van der Waals surface area contributed by atoms with Gasteiger partial charge in [0.2, 0.25) is 0 Å². The molecule has 3 aromatic rings. The van der Waals surface area contributed by atoms with Crippen molar-refractivity contribution in [3.05, 3.63) is 83.4 Å². The summed E-state index contributed by atoms with van der Waals surface area (Å²) in [6.45, 7) is 0. The number of hydrogen-bond acceptors (Lipinski definition) is 3. The Balaban J connectivity index is 1.77. The maximum absolute atomic E-state index is 9.00. The molecule has 3 rings (SSSR count). The lowest BCUT2D eigenvalue weighted by atomic mass is 10.1. The van der Waals surface area contributed by atoms with Crippen LogP contribution in [-0.2, 0) is 0 Å². The van der Waals surface area contributed by atoms with Crippen molar-refractivity contribution in [1.29, 1.82) is 5.26 Å². The first-order chi connectivity index (χ1) is 11.2. The second-order valence-electron chi connectivity index (χ2n) is 4.94. The van der Waals surface area contributed by atoms with Crippen LogP contribution in [0.4, 0.5) is 5.69 Å². The van der Waals surface area contributed by atoms with E-state index >= 15 is 0 Å². The molecule has 2 nitrogen and oxygen atoms in total. The molecule has 0 aliphatic carbocycles. The molecule has 0 atom stereocenters. The summed E-state index contributed by atoms with van der Waals surface area (Å²) in [6.07, 6.45) is 0. The Bertz CT molecular complexity index is 857. The summed E-state index contributed by atoms with van der Waals surface area (Å²) in [7, 11) is 0. The lowest BCUT2D eigenvalue weighted by Crippen LogP contribution is -1.88. The minimum atomic E-state index is 0.555. The summed E-state index contributed by atoms with van der Waals surface area (Å²) < 4.78 is 3.30. The summed E-state index contributed by atoms with van der Waals surface area (Å²) in [6, 6.07) is 25.8. The highest BCUT2D eigenvalue weighted by molar-refractivity contribution is 8.00. The van der Waals surface area contributed by atoms with E-state index in [-0.39, 0.29) is 0 Å². The van der Waals surface area contributed by atoms with Crippen molar-refractivity contribution in [3.8, 4) is 17.2 Å². The van der Waals surface area contributed by atoms with E-state index in [0.29, 0.717) is 10.6 Å². The van der Waals surface area contributed by atoms with E-state index in [0.717, 1.165) is 16.1 Å². The van der Waals surface area contributed by atoms with Gasteiger partial charge in [0, 0.05) is 15.6 Å². The van der Waals surface area contributed by atoms with E-state index in [9.17, 15) is 0 Å². The third kappa shape index (κ3) is 4.07. The molecule has 0 amide bonds. The van der Waals surface area contributed by atoms with Gasteiger partial charge in [0.05, 0.1) is 11.6 Å². The van der Waals surface area contributed by atoms with Gasteiger partial charge in [0.15, 0.2) is 0 Å².